The van der Waals surface area contributed by atoms with E-state index in [1.165, 1.54) is 0 Å². The molecule has 1 aliphatic heterocycles. The van der Waals surface area contributed by atoms with E-state index >= 15 is 0 Å². The maximum absolute atomic E-state index is 12.6. The first-order valence-corrected chi connectivity index (χ1v) is 10.3. The number of thiocarbonyl (C=S) groups is 1. The molecule has 1 fully saturated rings. The van der Waals surface area contributed by atoms with Crippen molar-refractivity contribution in [1.29, 1.82) is 0 Å². The van der Waals surface area contributed by atoms with Gasteiger partial charge in [0, 0.05) is 25.4 Å². The largest absolute Gasteiger partial charge is 0.352 e. The van der Waals surface area contributed by atoms with Crippen LogP contribution in [0.2, 0.25) is 0 Å². The second-order valence-corrected chi connectivity index (χ2v) is 7.89. The Hall–Kier alpha value is -2.80. The molecule has 152 valence electrons. The van der Waals surface area contributed by atoms with Gasteiger partial charge in [-0.25, -0.2) is 0 Å². The van der Waals surface area contributed by atoms with Gasteiger partial charge in [0.05, 0.1) is 5.69 Å². The summed E-state index contributed by atoms with van der Waals surface area (Å²) in [6.07, 6.45) is 5.49. The number of nitrogens with zero attached hydrogens (tertiary/aromatic N) is 2. The molecule has 0 radical (unpaired) electrons. The number of hydrogen-bond acceptors (Lipinski definition) is 4. The van der Waals surface area contributed by atoms with Crippen molar-refractivity contribution in [2.75, 3.05) is 4.90 Å². The van der Waals surface area contributed by atoms with E-state index in [-0.39, 0.29) is 23.8 Å². The molecule has 1 saturated heterocycles. The Morgan fingerprint density at radius 3 is 2.62 bits per heavy atom. The Balaban J connectivity index is 1.46. The SMILES string of the molecule is CC(C)C1NC(=S)N(c2ccc(CCCC(=O)NCc3cccnc3)cc2)C1=O. The van der Waals surface area contributed by atoms with Crippen LogP contribution in [0.5, 0.6) is 0 Å². The van der Waals surface area contributed by atoms with Crippen molar-refractivity contribution in [3.05, 3.63) is 59.9 Å². The van der Waals surface area contributed by atoms with Crippen LogP contribution in [0.15, 0.2) is 48.8 Å². The van der Waals surface area contributed by atoms with Crippen LogP contribution in [0.1, 0.15) is 37.8 Å². The van der Waals surface area contributed by atoms with Crippen LogP contribution in [-0.4, -0.2) is 28.0 Å². The first-order valence-electron chi connectivity index (χ1n) is 9.84. The zero-order valence-corrected chi connectivity index (χ0v) is 17.5. The third-order valence-electron chi connectivity index (χ3n) is 4.91. The Morgan fingerprint density at radius 1 is 1.24 bits per heavy atom. The Labute approximate surface area is 176 Å². The number of benzene rings is 1. The number of aromatic nitrogens is 1. The van der Waals surface area contributed by atoms with Crippen molar-refractivity contribution < 1.29 is 9.59 Å². The number of amides is 2. The van der Waals surface area contributed by atoms with Crippen molar-refractivity contribution >= 4 is 34.8 Å². The number of pyridine rings is 1. The first-order chi connectivity index (χ1) is 14.0. The van der Waals surface area contributed by atoms with Gasteiger partial charge in [0.15, 0.2) is 5.11 Å². The Bertz CT molecular complexity index is 868. The molecule has 2 heterocycles. The highest BCUT2D eigenvalue weighted by atomic mass is 32.1. The summed E-state index contributed by atoms with van der Waals surface area (Å²) in [6.45, 7) is 4.49. The second kappa shape index (κ2) is 9.60. The molecule has 2 amide bonds. The lowest BCUT2D eigenvalue weighted by atomic mass is 10.0. The van der Waals surface area contributed by atoms with Gasteiger partial charge in [-0.05, 0) is 60.3 Å². The van der Waals surface area contributed by atoms with E-state index in [1.807, 2.05) is 50.2 Å². The van der Waals surface area contributed by atoms with Gasteiger partial charge < -0.3 is 10.6 Å². The number of anilines is 1. The summed E-state index contributed by atoms with van der Waals surface area (Å²) in [7, 11) is 0. The number of carbonyl (C=O) groups is 2. The lowest BCUT2D eigenvalue weighted by molar-refractivity contribution is -0.121. The zero-order chi connectivity index (χ0) is 20.8. The van der Waals surface area contributed by atoms with Crippen LogP contribution in [0, 0.1) is 5.92 Å². The summed E-state index contributed by atoms with van der Waals surface area (Å²) in [6, 6.07) is 11.3. The molecule has 2 N–H and O–H groups in total. The van der Waals surface area contributed by atoms with Gasteiger partial charge >= 0.3 is 0 Å². The van der Waals surface area contributed by atoms with E-state index in [1.54, 1.807) is 17.3 Å². The molecule has 6 nitrogen and oxygen atoms in total. The molecule has 1 aromatic heterocycles. The topological polar surface area (TPSA) is 74.3 Å². The van der Waals surface area contributed by atoms with Gasteiger partial charge in [-0.15, -0.1) is 0 Å². The molecule has 29 heavy (non-hydrogen) atoms. The third-order valence-corrected chi connectivity index (χ3v) is 5.21. The monoisotopic (exact) mass is 410 g/mol. The average Bonchev–Trinajstić information content (AvgIpc) is 3.02. The van der Waals surface area contributed by atoms with Crippen LogP contribution >= 0.6 is 12.2 Å². The molecule has 0 bridgehead atoms. The molecule has 0 spiro atoms. The van der Waals surface area contributed by atoms with Crippen molar-refractivity contribution in [3.63, 3.8) is 0 Å². The van der Waals surface area contributed by atoms with Gasteiger partial charge in [0.25, 0.3) is 5.91 Å². The summed E-state index contributed by atoms with van der Waals surface area (Å²) in [5.41, 5.74) is 2.88. The van der Waals surface area contributed by atoms with Crippen LogP contribution in [0.4, 0.5) is 5.69 Å². The summed E-state index contributed by atoms with van der Waals surface area (Å²) in [4.78, 5) is 30.2. The predicted molar refractivity (Wildman–Crippen MR) is 117 cm³/mol. The van der Waals surface area contributed by atoms with Crippen LogP contribution in [0.25, 0.3) is 0 Å². The van der Waals surface area contributed by atoms with Crippen LogP contribution in [-0.2, 0) is 22.6 Å². The van der Waals surface area contributed by atoms with E-state index in [9.17, 15) is 9.59 Å². The Kier molecular flexibility index (Phi) is 6.93. The van der Waals surface area contributed by atoms with Gasteiger partial charge in [-0.2, -0.15) is 0 Å². The number of carbonyl (C=O) groups excluding carboxylic acids is 2. The molecule has 7 heteroatoms. The highest BCUT2D eigenvalue weighted by molar-refractivity contribution is 7.80. The van der Waals surface area contributed by atoms with Gasteiger partial charge in [-0.3, -0.25) is 19.5 Å². The molecule has 1 unspecified atom stereocenters. The first kappa shape index (κ1) is 20.9. The Morgan fingerprint density at radius 2 is 2.00 bits per heavy atom. The van der Waals surface area contributed by atoms with Crippen molar-refractivity contribution in [3.8, 4) is 0 Å². The minimum Gasteiger partial charge on any atom is -0.352 e. The van der Waals surface area contributed by atoms with Crippen molar-refractivity contribution in [1.82, 2.24) is 15.6 Å². The number of hydrogen-bond donors (Lipinski definition) is 2. The lowest BCUT2D eigenvalue weighted by Crippen LogP contribution is -2.34. The quantitative estimate of drug-likeness (QED) is 0.655. The second-order valence-electron chi connectivity index (χ2n) is 7.50. The smallest absolute Gasteiger partial charge is 0.256 e. The van der Waals surface area contributed by atoms with E-state index < -0.39 is 0 Å². The molecule has 0 aliphatic carbocycles. The van der Waals surface area contributed by atoms with E-state index in [4.69, 9.17) is 12.2 Å². The number of nitrogens with one attached hydrogen (secondary N) is 2. The zero-order valence-electron chi connectivity index (χ0n) is 16.7. The fourth-order valence-electron chi connectivity index (χ4n) is 3.25. The predicted octanol–water partition coefficient (Wildman–Crippen LogP) is 2.97. The minimum absolute atomic E-state index is 0.0111. The van der Waals surface area contributed by atoms with Crippen molar-refractivity contribution in [2.24, 2.45) is 5.92 Å². The standard InChI is InChI=1S/C22H26N4O2S/c1-15(2)20-21(28)26(22(29)25-20)18-10-8-16(9-11-18)5-3-7-19(27)24-14-17-6-4-12-23-13-17/h4,6,8-13,15,20H,3,5,7,14H2,1-2H3,(H,24,27)(H,25,29). The number of aryl methyl sites for hydroxylation is 1. The summed E-state index contributed by atoms with van der Waals surface area (Å²) in [5, 5.41) is 6.46. The van der Waals surface area contributed by atoms with E-state index in [0.717, 1.165) is 29.7 Å². The highest BCUT2D eigenvalue weighted by Crippen LogP contribution is 2.23. The molecule has 1 aliphatic rings. The molecule has 1 aromatic carbocycles. The van der Waals surface area contributed by atoms with Crippen molar-refractivity contribution in [2.45, 2.75) is 45.7 Å². The van der Waals surface area contributed by atoms with Gasteiger partial charge in [0.1, 0.15) is 6.04 Å². The van der Waals surface area contributed by atoms with Crippen LogP contribution < -0.4 is 15.5 Å². The average molecular weight is 411 g/mol. The molecule has 2 aromatic rings. The molecular weight excluding hydrogens is 384 g/mol. The van der Waals surface area contributed by atoms with Gasteiger partial charge in [0.2, 0.25) is 5.91 Å². The molecule has 1 atom stereocenters. The van der Waals surface area contributed by atoms with E-state index in [0.29, 0.717) is 18.1 Å². The lowest BCUT2D eigenvalue weighted by Gasteiger charge is -2.16. The summed E-state index contributed by atoms with van der Waals surface area (Å²) >= 11 is 5.33. The molecular formula is C22H26N4O2S. The maximum Gasteiger partial charge on any atom is 0.256 e. The molecule has 3 rings (SSSR count). The van der Waals surface area contributed by atoms with E-state index in [2.05, 4.69) is 15.6 Å². The minimum atomic E-state index is -0.271. The van der Waals surface area contributed by atoms with Gasteiger partial charge in [-0.1, -0.05) is 32.0 Å². The maximum atomic E-state index is 12.6. The summed E-state index contributed by atoms with van der Waals surface area (Å²) in [5.74, 6) is 0.196. The van der Waals surface area contributed by atoms with Crippen LogP contribution in [0.3, 0.4) is 0 Å². The fraction of sp³-hybridized carbons (Fsp3) is 0.364. The normalized spacial score (nSPS) is 16.2. The number of rotatable bonds is 8. The highest BCUT2D eigenvalue weighted by Gasteiger charge is 2.37. The third kappa shape index (κ3) is 5.38. The molecule has 0 saturated carbocycles. The fourth-order valence-corrected chi connectivity index (χ4v) is 3.57. The summed E-state index contributed by atoms with van der Waals surface area (Å²) < 4.78 is 0.